The highest BCUT2D eigenvalue weighted by Gasteiger charge is 2.39. The molecule has 29 heavy (non-hydrogen) atoms. The SMILES string of the molecule is O=S1(=O)CC[C@H](N(Cc2cccs2)S(=O)(=O)c2ccc(C3CCCCC3)cc2)C1. The van der Waals surface area contributed by atoms with Gasteiger partial charge in [-0.3, -0.25) is 0 Å². The van der Waals surface area contributed by atoms with E-state index < -0.39 is 25.9 Å². The van der Waals surface area contributed by atoms with Crippen molar-refractivity contribution in [2.45, 2.75) is 61.9 Å². The van der Waals surface area contributed by atoms with Crippen molar-refractivity contribution < 1.29 is 16.8 Å². The van der Waals surface area contributed by atoms with E-state index >= 15 is 0 Å². The van der Waals surface area contributed by atoms with Crippen molar-refractivity contribution in [3.63, 3.8) is 0 Å². The van der Waals surface area contributed by atoms with Gasteiger partial charge in [-0.1, -0.05) is 37.5 Å². The number of hydrogen-bond acceptors (Lipinski definition) is 5. The van der Waals surface area contributed by atoms with Crippen LogP contribution in [0.4, 0.5) is 0 Å². The minimum absolute atomic E-state index is 0.0503. The third-order valence-corrected chi connectivity index (χ3v) is 10.6. The molecule has 158 valence electrons. The van der Waals surface area contributed by atoms with Gasteiger partial charge in [-0.05, 0) is 54.3 Å². The third-order valence-electron chi connectivity index (χ3n) is 6.07. The molecule has 0 unspecified atom stereocenters. The summed E-state index contributed by atoms with van der Waals surface area (Å²) in [6, 6.07) is 10.5. The second kappa shape index (κ2) is 8.49. The molecular formula is C21H27NO4S3. The monoisotopic (exact) mass is 453 g/mol. The summed E-state index contributed by atoms with van der Waals surface area (Å²) in [5, 5.41) is 1.91. The van der Waals surface area contributed by atoms with E-state index in [0.29, 0.717) is 12.3 Å². The van der Waals surface area contributed by atoms with Crippen molar-refractivity contribution in [3.8, 4) is 0 Å². The number of thiophene rings is 1. The van der Waals surface area contributed by atoms with E-state index in [9.17, 15) is 16.8 Å². The van der Waals surface area contributed by atoms with E-state index in [1.807, 2.05) is 29.6 Å². The summed E-state index contributed by atoms with van der Waals surface area (Å²) in [7, 11) is -6.97. The summed E-state index contributed by atoms with van der Waals surface area (Å²) in [5.41, 5.74) is 1.21. The Morgan fingerprint density at radius 1 is 1.00 bits per heavy atom. The highest BCUT2D eigenvalue weighted by molar-refractivity contribution is 7.92. The smallest absolute Gasteiger partial charge is 0.229 e. The Hall–Kier alpha value is -1.22. The lowest BCUT2D eigenvalue weighted by atomic mass is 9.84. The first-order chi connectivity index (χ1) is 13.9. The fourth-order valence-corrected chi connectivity index (χ4v) is 8.69. The van der Waals surface area contributed by atoms with Crippen LogP contribution < -0.4 is 0 Å². The maximum atomic E-state index is 13.5. The second-order valence-corrected chi connectivity index (χ2v) is 13.2. The first kappa shape index (κ1) is 21.0. The average molecular weight is 454 g/mol. The fourth-order valence-electron chi connectivity index (χ4n) is 4.45. The van der Waals surface area contributed by atoms with Crippen LogP contribution in [0.5, 0.6) is 0 Å². The van der Waals surface area contributed by atoms with Gasteiger partial charge >= 0.3 is 0 Å². The number of benzene rings is 1. The predicted molar refractivity (Wildman–Crippen MR) is 116 cm³/mol. The number of sulfone groups is 1. The molecule has 1 aromatic carbocycles. The van der Waals surface area contributed by atoms with Crippen molar-refractivity contribution in [1.29, 1.82) is 0 Å². The molecule has 0 bridgehead atoms. The Morgan fingerprint density at radius 2 is 1.72 bits per heavy atom. The standard InChI is InChI=1S/C21H27NO4S3/c23-28(24)14-12-19(16-28)22(15-20-7-4-13-27-20)29(25,26)21-10-8-18(9-11-21)17-5-2-1-3-6-17/h4,7-11,13,17,19H,1-3,5-6,12,14-16H2/t19-/m0/s1. The van der Waals surface area contributed by atoms with Gasteiger partial charge in [0.05, 0.1) is 16.4 Å². The van der Waals surface area contributed by atoms with Crippen molar-refractivity contribution in [2.24, 2.45) is 0 Å². The van der Waals surface area contributed by atoms with Crippen LogP contribution in [0.3, 0.4) is 0 Å². The number of sulfonamides is 1. The van der Waals surface area contributed by atoms with Crippen LogP contribution in [-0.2, 0) is 26.4 Å². The topological polar surface area (TPSA) is 71.5 Å². The molecule has 2 aromatic rings. The van der Waals surface area contributed by atoms with Crippen molar-refractivity contribution >= 4 is 31.2 Å². The molecule has 1 saturated heterocycles. The van der Waals surface area contributed by atoms with Crippen LogP contribution in [0.15, 0.2) is 46.7 Å². The first-order valence-electron chi connectivity index (χ1n) is 10.2. The summed E-state index contributed by atoms with van der Waals surface area (Å²) >= 11 is 1.49. The predicted octanol–water partition coefficient (Wildman–Crippen LogP) is 4.17. The lowest BCUT2D eigenvalue weighted by Crippen LogP contribution is -2.40. The lowest BCUT2D eigenvalue weighted by molar-refractivity contribution is 0.336. The van der Waals surface area contributed by atoms with Crippen molar-refractivity contribution in [2.75, 3.05) is 11.5 Å². The second-order valence-electron chi connectivity index (χ2n) is 8.09. The van der Waals surface area contributed by atoms with E-state index in [2.05, 4.69) is 0 Å². The highest BCUT2D eigenvalue weighted by atomic mass is 32.2. The molecule has 0 N–H and O–H groups in total. The molecule has 0 radical (unpaired) electrons. The van der Waals surface area contributed by atoms with Gasteiger partial charge in [0.2, 0.25) is 10.0 Å². The molecule has 1 aliphatic carbocycles. The largest absolute Gasteiger partial charge is 0.243 e. The first-order valence-corrected chi connectivity index (χ1v) is 14.3. The average Bonchev–Trinajstić information content (AvgIpc) is 3.36. The molecule has 2 heterocycles. The van der Waals surface area contributed by atoms with Crippen LogP contribution in [0.1, 0.15) is 54.9 Å². The van der Waals surface area contributed by atoms with E-state index in [1.165, 1.54) is 40.5 Å². The highest BCUT2D eigenvalue weighted by Crippen LogP contribution is 2.34. The summed E-state index contributed by atoms with van der Waals surface area (Å²) in [4.78, 5) is 1.16. The molecule has 1 aromatic heterocycles. The Balaban J connectivity index is 1.61. The Morgan fingerprint density at radius 3 is 2.31 bits per heavy atom. The fraction of sp³-hybridized carbons (Fsp3) is 0.524. The number of nitrogens with zero attached hydrogens (tertiary/aromatic N) is 1. The van der Waals surface area contributed by atoms with Gasteiger partial charge in [0.15, 0.2) is 9.84 Å². The molecule has 0 spiro atoms. The van der Waals surface area contributed by atoms with E-state index in [1.54, 1.807) is 12.1 Å². The Kier molecular flexibility index (Phi) is 6.16. The zero-order valence-corrected chi connectivity index (χ0v) is 18.8. The molecule has 8 heteroatoms. The van der Waals surface area contributed by atoms with Crippen LogP contribution in [0.25, 0.3) is 0 Å². The molecule has 1 aliphatic heterocycles. The van der Waals surface area contributed by atoms with Gasteiger partial charge in [0.25, 0.3) is 0 Å². The van der Waals surface area contributed by atoms with Gasteiger partial charge in [0.1, 0.15) is 0 Å². The van der Waals surface area contributed by atoms with Gasteiger partial charge in [-0.15, -0.1) is 11.3 Å². The van der Waals surface area contributed by atoms with Gasteiger partial charge < -0.3 is 0 Å². The van der Waals surface area contributed by atoms with E-state index in [0.717, 1.165) is 17.7 Å². The van der Waals surface area contributed by atoms with Crippen molar-refractivity contribution in [3.05, 3.63) is 52.2 Å². The van der Waals surface area contributed by atoms with Gasteiger partial charge in [0, 0.05) is 17.5 Å². The Labute approximate surface area is 177 Å². The third kappa shape index (κ3) is 4.76. The molecular weight excluding hydrogens is 426 g/mol. The lowest BCUT2D eigenvalue weighted by Gasteiger charge is -2.27. The minimum Gasteiger partial charge on any atom is -0.229 e. The van der Waals surface area contributed by atoms with Crippen LogP contribution in [0.2, 0.25) is 0 Å². The van der Waals surface area contributed by atoms with Crippen LogP contribution in [-0.4, -0.2) is 38.7 Å². The minimum atomic E-state index is -3.78. The van der Waals surface area contributed by atoms with Crippen LogP contribution in [0, 0.1) is 0 Å². The number of hydrogen-bond donors (Lipinski definition) is 0. The quantitative estimate of drug-likeness (QED) is 0.658. The molecule has 1 atom stereocenters. The van der Waals surface area contributed by atoms with E-state index in [-0.39, 0.29) is 22.9 Å². The zero-order valence-electron chi connectivity index (χ0n) is 16.4. The molecule has 0 amide bonds. The Bertz CT molecular complexity index is 1020. The molecule has 2 aliphatic rings. The van der Waals surface area contributed by atoms with Crippen LogP contribution >= 0.6 is 11.3 Å². The summed E-state index contributed by atoms with van der Waals surface area (Å²) < 4.78 is 52.4. The maximum Gasteiger partial charge on any atom is 0.243 e. The molecule has 2 fully saturated rings. The number of rotatable bonds is 6. The molecule has 4 rings (SSSR count). The summed E-state index contributed by atoms with van der Waals surface area (Å²) in [5.74, 6) is 0.467. The normalized spacial score (nSPS) is 22.9. The zero-order chi connectivity index (χ0) is 20.5. The van der Waals surface area contributed by atoms with Gasteiger partial charge in [-0.2, -0.15) is 4.31 Å². The maximum absolute atomic E-state index is 13.5. The van der Waals surface area contributed by atoms with E-state index in [4.69, 9.17) is 0 Å². The molecule has 1 saturated carbocycles. The summed E-state index contributed by atoms with van der Waals surface area (Å²) in [6.07, 6.45) is 6.43. The summed E-state index contributed by atoms with van der Waals surface area (Å²) in [6.45, 7) is 0.213. The molecule has 5 nitrogen and oxygen atoms in total. The van der Waals surface area contributed by atoms with Gasteiger partial charge in [-0.25, -0.2) is 16.8 Å². The van der Waals surface area contributed by atoms with Crippen molar-refractivity contribution in [1.82, 2.24) is 4.31 Å².